The molecule has 0 saturated carbocycles. The van der Waals surface area contributed by atoms with Crippen LogP contribution >= 0.6 is 0 Å². The van der Waals surface area contributed by atoms with Gasteiger partial charge in [-0.15, -0.1) is 0 Å². The third kappa shape index (κ3) is 6.90. The molecule has 8 heteroatoms. The van der Waals surface area contributed by atoms with E-state index in [2.05, 4.69) is 15.6 Å². The van der Waals surface area contributed by atoms with Crippen LogP contribution in [-0.4, -0.2) is 40.7 Å². The molecule has 0 aliphatic rings. The molecular formula is C25H29FN4O3. The number of benzene rings is 2. The Morgan fingerprint density at radius 2 is 1.82 bits per heavy atom. The summed E-state index contributed by atoms with van der Waals surface area (Å²) in [6.07, 6.45) is 2.89. The van der Waals surface area contributed by atoms with Crippen molar-refractivity contribution in [1.82, 2.24) is 15.2 Å². The largest absolute Gasteiger partial charge is 0.444 e. The maximum Gasteiger partial charge on any atom is 0.407 e. The number of amides is 3. The summed E-state index contributed by atoms with van der Waals surface area (Å²) in [6.45, 7) is 7.61. The van der Waals surface area contributed by atoms with Crippen LogP contribution in [0.25, 0.3) is 10.8 Å². The van der Waals surface area contributed by atoms with Crippen molar-refractivity contribution in [1.29, 1.82) is 0 Å². The topological polar surface area (TPSA) is 83.6 Å². The molecule has 0 bridgehead atoms. The highest BCUT2D eigenvalue weighted by Crippen LogP contribution is 2.23. The molecular weight excluding hydrogens is 423 g/mol. The minimum atomic E-state index is -0.617. The average Bonchev–Trinajstić information content (AvgIpc) is 2.75. The van der Waals surface area contributed by atoms with Gasteiger partial charge in [-0.1, -0.05) is 18.2 Å². The number of hydrogen-bond acceptors (Lipinski definition) is 4. The predicted molar refractivity (Wildman–Crippen MR) is 127 cm³/mol. The number of alkyl carbamates (subject to hydrolysis) is 1. The van der Waals surface area contributed by atoms with E-state index in [1.165, 1.54) is 12.1 Å². The number of urea groups is 1. The van der Waals surface area contributed by atoms with Gasteiger partial charge < -0.3 is 20.3 Å². The molecule has 1 heterocycles. The standard InChI is InChI=1S/C25H29FN4O3/c1-17(18-5-8-21(26)9-6-18)30(14-13-28-24(32)33-25(2,3)4)23(31)29-22-10-7-20-16-27-12-11-19(20)15-22/h5-12,15-17H,13-14H2,1-4H3,(H,28,32)(H,29,31). The van der Waals surface area contributed by atoms with Crippen LogP contribution in [0.5, 0.6) is 0 Å². The fourth-order valence-electron chi connectivity index (χ4n) is 3.34. The van der Waals surface area contributed by atoms with Gasteiger partial charge in [-0.2, -0.15) is 0 Å². The smallest absolute Gasteiger partial charge is 0.407 e. The van der Waals surface area contributed by atoms with Gasteiger partial charge in [0.05, 0.1) is 6.04 Å². The van der Waals surface area contributed by atoms with Gasteiger partial charge in [0.1, 0.15) is 11.4 Å². The second kappa shape index (κ2) is 10.3. The Bertz CT molecular complexity index is 1110. The van der Waals surface area contributed by atoms with Gasteiger partial charge in [-0.05, 0) is 69.0 Å². The number of anilines is 1. The first-order valence-electron chi connectivity index (χ1n) is 10.8. The Labute approximate surface area is 193 Å². The number of nitrogens with one attached hydrogen (secondary N) is 2. The molecule has 1 aromatic heterocycles. The summed E-state index contributed by atoms with van der Waals surface area (Å²) in [4.78, 5) is 30.9. The van der Waals surface area contributed by atoms with Crippen molar-refractivity contribution in [3.63, 3.8) is 0 Å². The van der Waals surface area contributed by atoms with E-state index in [1.54, 1.807) is 50.2 Å². The lowest BCUT2D eigenvalue weighted by molar-refractivity contribution is 0.0521. The number of ether oxygens (including phenoxy) is 1. The molecule has 0 aliphatic carbocycles. The SMILES string of the molecule is CC(c1ccc(F)cc1)N(CCNC(=O)OC(C)(C)C)C(=O)Nc1ccc2cnccc2c1. The second-order valence-electron chi connectivity index (χ2n) is 8.72. The number of pyridine rings is 1. The van der Waals surface area contributed by atoms with Crippen molar-refractivity contribution in [2.45, 2.75) is 39.3 Å². The third-order valence-corrected chi connectivity index (χ3v) is 4.99. The number of fused-ring (bicyclic) bond motifs is 1. The molecule has 1 atom stereocenters. The van der Waals surface area contributed by atoms with Crippen LogP contribution < -0.4 is 10.6 Å². The fraction of sp³-hybridized carbons (Fsp3) is 0.320. The molecule has 0 radical (unpaired) electrons. The Morgan fingerprint density at radius 1 is 1.09 bits per heavy atom. The summed E-state index contributed by atoms with van der Waals surface area (Å²) in [6, 6.07) is 12.7. The molecule has 0 aliphatic heterocycles. The molecule has 2 aromatic carbocycles. The van der Waals surface area contributed by atoms with Gasteiger partial charge in [0.15, 0.2) is 0 Å². The molecule has 33 heavy (non-hydrogen) atoms. The van der Waals surface area contributed by atoms with Crippen molar-refractivity contribution < 1.29 is 18.7 Å². The highest BCUT2D eigenvalue weighted by atomic mass is 19.1. The third-order valence-electron chi connectivity index (χ3n) is 4.99. The van der Waals surface area contributed by atoms with E-state index in [0.717, 1.165) is 16.3 Å². The van der Waals surface area contributed by atoms with Crippen molar-refractivity contribution in [2.24, 2.45) is 0 Å². The molecule has 0 saturated heterocycles. The van der Waals surface area contributed by atoms with Gasteiger partial charge in [0, 0.05) is 36.6 Å². The number of nitrogens with zero attached hydrogens (tertiary/aromatic N) is 2. The number of carbonyl (C=O) groups is 2. The number of carbonyl (C=O) groups excluding carboxylic acids is 2. The summed E-state index contributed by atoms with van der Waals surface area (Å²) in [5, 5.41) is 7.52. The van der Waals surface area contributed by atoms with Crippen molar-refractivity contribution >= 4 is 28.6 Å². The summed E-state index contributed by atoms with van der Waals surface area (Å²) in [5.41, 5.74) is 0.789. The molecule has 0 fully saturated rings. The lowest BCUT2D eigenvalue weighted by atomic mass is 10.1. The predicted octanol–water partition coefficient (Wildman–Crippen LogP) is 5.49. The maximum atomic E-state index is 13.4. The first-order chi connectivity index (χ1) is 15.6. The number of aromatic nitrogens is 1. The van der Waals surface area contributed by atoms with Crippen LogP contribution in [0.3, 0.4) is 0 Å². The van der Waals surface area contributed by atoms with Gasteiger partial charge in [-0.25, -0.2) is 14.0 Å². The number of halogens is 1. The van der Waals surface area contributed by atoms with E-state index in [1.807, 2.05) is 31.2 Å². The molecule has 3 rings (SSSR count). The minimum Gasteiger partial charge on any atom is -0.444 e. The molecule has 2 N–H and O–H groups in total. The quantitative estimate of drug-likeness (QED) is 0.518. The summed E-state index contributed by atoms with van der Waals surface area (Å²) >= 11 is 0. The van der Waals surface area contributed by atoms with Crippen molar-refractivity contribution in [3.8, 4) is 0 Å². The van der Waals surface area contributed by atoms with Crippen molar-refractivity contribution in [2.75, 3.05) is 18.4 Å². The van der Waals surface area contributed by atoms with Gasteiger partial charge >= 0.3 is 12.1 Å². The second-order valence-corrected chi connectivity index (χ2v) is 8.72. The highest BCUT2D eigenvalue weighted by Gasteiger charge is 2.23. The summed E-state index contributed by atoms with van der Waals surface area (Å²) in [5.74, 6) is -0.348. The fourth-order valence-corrected chi connectivity index (χ4v) is 3.34. The van der Waals surface area contributed by atoms with E-state index < -0.39 is 11.7 Å². The Morgan fingerprint density at radius 3 is 2.52 bits per heavy atom. The zero-order chi connectivity index (χ0) is 24.0. The first-order valence-corrected chi connectivity index (χ1v) is 10.8. The van der Waals surface area contributed by atoms with Crippen LogP contribution in [0.15, 0.2) is 60.9 Å². The Hall–Kier alpha value is -3.68. The van der Waals surface area contributed by atoms with Crippen LogP contribution in [0, 0.1) is 5.82 Å². The lowest BCUT2D eigenvalue weighted by Crippen LogP contribution is -2.43. The van der Waals surface area contributed by atoms with Gasteiger partial charge in [-0.3, -0.25) is 4.98 Å². The van der Waals surface area contributed by atoms with Crippen LogP contribution in [0.1, 0.15) is 39.3 Å². The lowest BCUT2D eigenvalue weighted by Gasteiger charge is -2.30. The highest BCUT2D eigenvalue weighted by molar-refractivity contribution is 5.93. The van der Waals surface area contributed by atoms with Gasteiger partial charge in [0.25, 0.3) is 0 Å². The molecule has 0 spiro atoms. The van der Waals surface area contributed by atoms with Gasteiger partial charge in [0.2, 0.25) is 0 Å². The normalized spacial score (nSPS) is 12.2. The Kier molecular flexibility index (Phi) is 7.48. The molecule has 3 aromatic rings. The van der Waals surface area contributed by atoms with Crippen LogP contribution in [0.4, 0.5) is 19.7 Å². The zero-order valence-corrected chi connectivity index (χ0v) is 19.3. The number of hydrogen-bond donors (Lipinski definition) is 2. The molecule has 174 valence electrons. The van der Waals surface area contributed by atoms with E-state index >= 15 is 0 Å². The Balaban J connectivity index is 1.74. The molecule has 7 nitrogen and oxygen atoms in total. The minimum absolute atomic E-state index is 0.192. The van der Waals surface area contributed by atoms with E-state index in [4.69, 9.17) is 4.74 Å². The molecule has 3 amide bonds. The van der Waals surface area contributed by atoms with Crippen molar-refractivity contribution in [3.05, 3.63) is 72.3 Å². The monoisotopic (exact) mass is 452 g/mol. The van der Waals surface area contributed by atoms with E-state index in [-0.39, 0.29) is 31.0 Å². The number of rotatable bonds is 6. The zero-order valence-electron chi connectivity index (χ0n) is 19.3. The summed E-state index contributed by atoms with van der Waals surface area (Å²) < 4.78 is 18.7. The van der Waals surface area contributed by atoms with Crippen LogP contribution in [0.2, 0.25) is 0 Å². The van der Waals surface area contributed by atoms with E-state index in [0.29, 0.717) is 5.69 Å². The van der Waals surface area contributed by atoms with E-state index in [9.17, 15) is 14.0 Å². The summed E-state index contributed by atoms with van der Waals surface area (Å²) in [7, 11) is 0. The first kappa shape index (κ1) is 24.0. The maximum absolute atomic E-state index is 13.4. The van der Waals surface area contributed by atoms with Crippen LogP contribution in [-0.2, 0) is 4.74 Å². The molecule has 1 unspecified atom stereocenters. The average molecular weight is 453 g/mol.